The van der Waals surface area contributed by atoms with Crippen LogP contribution in [0, 0.1) is 46.4 Å². The summed E-state index contributed by atoms with van der Waals surface area (Å²) in [5.74, 6) is -4.79. The first-order valence-electron chi connectivity index (χ1n) is 18.7. The molecule has 2 aromatic carbocycles. The molecule has 11 nitrogen and oxygen atoms in total. The number of thioether (sulfide) groups is 2. The van der Waals surface area contributed by atoms with Gasteiger partial charge in [0.15, 0.2) is 33.6 Å². The SMILES string of the molecule is C.N#Cc1cnc2c(Cc3cc(F)c(F)c([C@@]4(CF)N=C(N)S[C@H]5C[C@H]54)c3)ncnc2c1.NC1=N[C@](CF)(c2cc(Cc3ncnc4cc(Cl)cnc34)cc(F)c2F)[C@@H]2C[C@@H]2S1. The molecule has 4 aliphatic rings. The minimum Gasteiger partial charge on any atom is -0.379 e. The summed E-state index contributed by atoms with van der Waals surface area (Å²) >= 11 is 8.66. The molecule has 0 radical (unpaired) electrons. The van der Waals surface area contributed by atoms with Crippen molar-refractivity contribution < 1.29 is 26.3 Å². The molecule has 0 spiro atoms. The highest BCUT2D eigenvalue weighted by Crippen LogP contribution is 2.59. The predicted octanol–water partition coefficient (Wildman–Crippen LogP) is 8.18. The van der Waals surface area contributed by atoms with Crippen LogP contribution in [0.3, 0.4) is 0 Å². The number of halogens is 7. The third kappa shape index (κ3) is 7.66. The Kier molecular flexibility index (Phi) is 11.5. The van der Waals surface area contributed by atoms with E-state index in [1.807, 2.05) is 6.07 Å². The van der Waals surface area contributed by atoms with Crippen molar-refractivity contribution in [3.05, 3.63) is 129 Å². The molecule has 20 heteroatoms. The van der Waals surface area contributed by atoms with Crippen molar-refractivity contribution in [3.8, 4) is 6.07 Å². The first-order chi connectivity index (χ1) is 29.4. The van der Waals surface area contributed by atoms with Gasteiger partial charge in [-0.1, -0.05) is 42.6 Å². The van der Waals surface area contributed by atoms with E-state index in [-0.39, 0.29) is 64.1 Å². The smallest absolute Gasteiger partial charge is 0.164 e. The maximum Gasteiger partial charge on any atom is 0.164 e. The molecule has 0 unspecified atom stereocenters. The molecule has 6 heterocycles. The number of nitrogens with two attached hydrogens (primary N) is 2. The number of amidine groups is 2. The Bertz CT molecular complexity index is 2880. The highest BCUT2D eigenvalue weighted by molar-refractivity contribution is 8.14. The van der Waals surface area contributed by atoms with Gasteiger partial charge in [0, 0.05) is 58.7 Å². The second kappa shape index (κ2) is 16.6. The number of aliphatic imine (C=N–C) groups is 2. The van der Waals surface area contributed by atoms with Crippen molar-refractivity contribution in [2.45, 2.75) is 54.7 Å². The summed E-state index contributed by atoms with van der Waals surface area (Å²) in [6, 6.07) is 10.3. The van der Waals surface area contributed by atoms with Gasteiger partial charge in [-0.15, -0.1) is 0 Å². The average molecular weight is 906 g/mol. The summed E-state index contributed by atoms with van der Waals surface area (Å²) in [5, 5.41) is 9.98. The van der Waals surface area contributed by atoms with E-state index in [1.54, 1.807) is 12.1 Å². The summed E-state index contributed by atoms with van der Waals surface area (Å²) in [4.78, 5) is 33.7. The molecule has 6 atom stereocenters. The Balaban J connectivity index is 0.000000168. The van der Waals surface area contributed by atoms with E-state index in [4.69, 9.17) is 28.3 Å². The summed E-state index contributed by atoms with van der Waals surface area (Å²) in [6.45, 7) is -1.92. The highest BCUT2D eigenvalue weighted by atomic mass is 35.5. The zero-order valence-corrected chi connectivity index (χ0v) is 33.9. The van der Waals surface area contributed by atoms with Crippen LogP contribution in [0.1, 0.15) is 59.5 Å². The van der Waals surface area contributed by atoms with Crippen LogP contribution in [0.5, 0.6) is 0 Å². The molecule has 6 aromatic rings. The van der Waals surface area contributed by atoms with Gasteiger partial charge in [0.2, 0.25) is 0 Å². The number of rotatable bonds is 8. The third-order valence-electron chi connectivity index (χ3n) is 11.3. The number of alkyl halides is 2. The fourth-order valence-electron chi connectivity index (χ4n) is 8.25. The van der Waals surface area contributed by atoms with Crippen LogP contribution in [0.15, 0.2) is 71.4 Å². The lowest BCUT2D eigenvalue weighted by molar-refractivity contribution is 0.268. The van der Waals surface area contributed by atoms with E-state index in [0.29, 0.717) is 68.0 Å². The number of hydrogen-bond acceptors (Lipinski definition) is 13. The van der Waals surface area contributed by atoms with Crippen LogP contribution < -0.4 is 11.5 Å². The van der Waals surface area contributed by atoms with Gasteiger partial charge in [0.1, 0.15) is 54.2 Å². The van der Waals surface area contributed by atoms with Gasteiger partial charge in [-0.05, 0) is 60.4 Å². The quantitative estimate of drug-likeness (QED) is 0.141. The Labute approximate surface area is 364 Å². The molecule has 2 saturated carbocycles. The molecule has 0 bridgehead atoms. The molecule has 2 fully saturated rings. The maximum absolute atomic E-state index is 14.9. The van der Waals surface area contributed by atoms with E-state index in [2.05, 4.69) is 39.9 Å². The van der Waals surface area contributed by atoms with E-state index < -0.39 is 47.7 Å². The molecular weight excluding hydrogens is 872 g/mol. The molecule has 0 saturated heterocycles. The highest BCUT2D eigenvalue weighted by Gasteiger charge is 2.60. The summed E-state index contributed by atoms with van der Waals surface area (Å²) < 4.78 is 87.4. The molecular formula is C42H34ClF6N11S2. The van der Waals surface area contributed by atoms with Gasteiger partial charge in [0.05, 0.1) is 33.0 Å². The standard InChI is InChI=1S/C21H15F3N6S.C20H15ClF3N5S.CH4/c22-8-21(12-5-17(12)31-20(26)30-21)13-1-10(2-14(23)18(13)24)3-15-19-16(29-9-28-15)4-11(6-25)7-27-19;21-10-4-15-18(26-6-10)14(27-8-28-15)3-9-1-12(17(24)13(23)2-9)20(7-22)11-5-16(11)30-19(25)29-20;/h1-2,4,7,9,12,17H,3,5,8H2,(H2,26,30);1-2,4,6,8,11,16H,3,5,7H2,(H2,25,29);1H4/t12-,17+,21+;11-,16+,20+;/m11./s1. The van der Waals surface area contributed by atoms with Crippen molar-refractivity contribution >= 4 is 67.5 Å². The number of nitrogens with zero attached hydrogens (tertiary/aromatic N) is 9. The molecule has 62 heavy (non-hydrogen) atoms. The van der Waals surface area contributed by atoms with Gasteiger partial charge in [-0.2, -0.15) is 5.26 Å². The molecule has 10 rings (SSSR count). The largest absolute Gasteiger partial charge is 0.379 e. The van der Waals surface area contributed by atoms with Crippen LogP contribution in [0.4, 0.5) is 26.3 Å². The Morgan fingerprint density at radius 1 is 0.677 bits per heavy atom. The van der Waals surface area contributed by atoms with Crippen molar-refractivity contribution in [2.24, 2.45) is 33.3 Å². The van der Waals surface area contributed by atoms with Gasteiger partial charge in [-0.3, -0.25) is 9.97 Å². The lowest BCUT2D eigenvalue weighted by Gasteiger charge is -2.32. The second-order valence-electron chi connectivity index (χ2n) is 15.1. The van der Waals surface area contributed by atoms with Crippen LogP contribution in [-0.4, -0.2) is 64.1 Å². The van der Waals surface area contributed by atoms with E-state index in [0.717, 1.165) is 12.1 Å². The van der Waals surface area contributed by atoms with Crippen LogP contribution in [-0.2, 0) is 23.9 Å². The average Bonchev–Trinajstić information content (AvgIpc) is 4.19. The second-order valence-corrected chi connectivity index (χ2v) is 18.1. The first-order valence-corrected chi connectivity index (χ1v) is 20.9. The Morgan fingerprint density at radius 2 is 1.15 bits per heavy atom. The van der Waals surface area contributed by atoms with E-state index >= 15 is 0 Å². The van der Waals surface area contributed by atoms with E-state index in [9.17, 15) is 26.3 Å². The summed E-state index contributed by atoms with van der Waals surface area (Å²) in [6.07, 6.45) is 7.12. The number of hydrogen-bond donors (Lipinski definition) is 2. The minimum absolute atomic E-state index is 0. The molecule has 4 N–H and O–H groups in total. The topological polar surface area (TPSA) is 178 Å². The van der Waals surface area contributed by atoms with Crippen LogP contribution in [0.25, 0.3) is 22.1 Å². The molecule has 4 aromatic heterocycles. The maximum atomic E-state index is 14.9. The van der Waals surface area contributed by atoms with Crippen molar-refractivity contribution in [2.75, 3.05) is 13.3 Å². The number of aromatic nitrogens is 6. The van der Waals surface area contributed by atoms with Crippen molar-refractivity contribution in [3.63, 3.8) is 0 Å². The molecule has 2 aliphatic heterocycles. The zero-order valence-electron chi connectivity index (χ0n) is 31.5. The number of fused-ring (bicyclic) bond motifs is 4. The van der Waals surface area contributed by atoms with Gasteiger partial charge >= 0.3 is 0 Å². The Hall–Kier alpha value is -5.58. The molecule has 2 aliphatic carbocycles. The van der Waals surface area contributed by atoms with Crippen molar-refractivity contribution in [1.29, 1.82) is 5.26 Å². The number of benzene rings is 2. The normalized spacial score (nSPS) is 24.4. The lowest BCUT2D eigenvalue weighted by Crippen LogP contribution is -2.37. The minimum atomic E-state index is -1.52. The Morgan fingerprint density at radius 3 is 1.61 bits per heavy atom. The van der Waals surface area contributed by atoms with Crippen molar-refractivity contribution in [1.82, 2.24) is 29.9 Å². The third-order valence-corrected chi connectivity index (χ3v) is 13.8. The summed E-state index contributed by atoms with van der Waals surface area (Å²) in [7, 11) is 0. The predicted molar refractivity (Wildman–Crippen MR) is 227 cm³/mol. The fraction of sp³-hybridized carbons (Fsp3) is 0.310. The van der Waals surface area contributed by atoms with Gasteiger partial charge in [-0.25, -0.2) is 56.3 Å². The number of pyridine rings is 2. The molecule has 318 valence electrons. The van der Waals surface area contributed by atoms with Crippen LogP contribution in [0.2, 0.25) is 5.02 Å². The summed E-state index contributed by atoms with van der Waals surface area (Å²) in [5.41, 5.74) is 12.6. The number of nitriles is 1. The van der Waals surface area contributed by atoms with Gasteiger partial charge in [0.25, 0.3) is 0 Å². The lowest BCUT2D eigenvalue weighted by atomic mass is 9.84. The monoisotopic (exact) mass is 905 g/mol. The van der Waals surface area contributed by atoms with Crippen LogP contribution >= 0.6 is 35.1 Å². The zero-order chi connectivity index (χ0) is 42.8. The first kappa shape index (κ1) is 43.1. The fourth-order valence-corrected chi connectivity index (χ4v) is 10.8. The van der Waals surface area contributed by atoms with E-state index in [1.165, 1.54) is 60.7 Å². The molecule has 0 amide bonds. The van der Waals surface area contributed by atoms with Gasteiger partial charge < -0.3 is 11.5 Å².